The maximum absolute atomic E-state index is 11.9. The molecule has 1 heterocycles. The number of rotatable bonds is 8. The standard InChI is InChI=1S/C30H25N3O3/c1-35-30(34)22-17-15-21(16-18-22)28-29(36-27(33-28)20-31-24-10-4-2-5-11-24)23-9-8-14-26(19-23)32-25-12-6-3-7-13-25/h2-19,31-32H,20H2,1H3. The number of hydrogen-bond donors (Lipinski definition) is 2. The first kappa shape index (κ1) is 22.9. The molecule has 6 heteroatoms. The molecule has 0 aliphatic heterocycles. The predicted molar refractivity (Wildman–Crippen MR) is 142 cm³/mol. The predicted octanol–water partition coefficient (Wildman–Crippen LogP) is 7.15. The Morgan fingerprint density at radius 1 is 0.778 bits per heavy atom. The first-order chi connectivity index (χ1) is 17.7. The number of nitrogens with one attached hydrogen (secondary N) is 2. The number of anilines is 3. The van der Waals surface area contributed by atoms with Crippen LogP contribution in [0.15, 0.2) is 114 Å². The summed E-state index contributed by atoms with van der Waals surface area (Å²) in [6.45, 7) is 0.430. The van der Waals surface area contributed by atoms with Crippen molar-refractivity contribution in [1.29, 1.82) is 0 Å². The van der Waals surface area contributed by atoms with Crippen LogP contribution in [0.4, 0.5) is 17.1 Å². The molecular weight excluding hydrogens is 450 g/mol. The Morgan fingerprint density at radius 3 is 2.14 bits per heavy atom. The van der Waals surface area contributed by atoms with E-state index < -0.39 is 0 Å². The summed E-state index contributed by atoms with van der Waals surface area (Å²) in [5.41, 5.74) is 5.83. The molecule has 0 radical (unpaired) electrons. The maximum atomic E-state index is 11.9. The minimum Gasteiger partial charge on any atom is -0.465 e. The number of ether oxygens (including phenoxy) is 1. The Balaban J connectivity index is 1.49. The van der Waals surface area contributed by atoms with Gasteiger partial charge in [-0.05, 0) is 48.5 Å². The molecule has 0 bridgehead atoms. The van der Waals surface area contributed by atoms with E-state index in [4.69, 9.17) is 14.1 Å². The molecule has 5 rings (SSSR count). The van der Waals surface area contributed by atoms with Gasteiger partial charge in [-0.1, -0.05) is 60.7 Å². The van der Waals surface area contributed by atoms with E-state index in [9.17, 15) is 4.79 Å². The molecule has 0 spiro atoms. The zero-order valence-corrected chi connectivity index (χ0v) is 19.8. The van der Waals surface area contributed by atoms with Gasteiger partial charge < -0.3 is 19.8 Å². The molecule has 5 aromatic rings. The lowest BCUT2D eigenvalue weighted by molar-refractivity contribution is 0.0600. The molecule has 0 saturated carbocycles. The molecule has 6 nitrogen and oxygen atoms in total. The van der Waals surface area contributed by atoms with Gasteiger partial charge in [-0.3, -0.25) is 0 Å². The highest BCUT2D eigenvalue weighted by Crippen LogP contribution is 2.35. The number of oxazole rings is 1. The fraction of sp³-hybridized carbons (Fsp3) is 0.0667. The largest absolute Gasteiger partial charge is 0.465 e. The van der Waals surface area contributed by atoms with Crippen LogP contribution in [0, 0.1) is 0 Å². The number of aromatic nitrogens is 1. The van der Waals surface area contributed by atoms with Gasteiger partial charge in [-0.25, -0.2) is 9.78 Å². The summed E-state index contributed by atoms with van der Waals surface area (Å²) in [4.78, 5) is 16.7. The van der Waals surface area contributed by atoms with Crippen molar-refractivity contribution in [2.24, 2.45) is 0 Å². The smallest absolute Gasteiger partial charge is 0.337 e. The van der Waals surface area contributed by atoms with Crippen molar-refractivity contribution >= 4 is 23.0 Å². The van der Waals surface area contributed by atoms with Gasteiger partial charge in [0.15, 0.2) is 5.76 Å². The average molecular weight is 476 g/mol. The topological polar surface area (TPSA) is 76.4 Å². The van der Waals surface area contributed by atoms with Gasteiger partial charge in [-0.15, -0.1) is 0 Å². The van der Waals surface area contributed by atoms with Crippen LogP contribution in [0.2, 0.25) is 0 Å². The minimum absolute atomic E-state index is 0.380. The Kier molecular flexibility index (Phi) is 6.76. The number of benzene rings is 4. The Hall–Kier alpha value is -4.84. The van der Waals surface area contributed by atoms with Crippen molar-refractivity contribution in [3.63, 3.8) is 0 Å². The highest BCUT2D eigenvalue weighted by molar-refractivity contribution is 5.90. The summed E-state index contributed by atoms with van der Waals surface area (Å²) in [6, 6.07) is 35.1. The van der Waals surface area contributed by atoms with Gasteiger partial charge in [0.2, 0.25) is 5.89 Å². The Morgan fingerprint density at radius 2 is 1.44 bits per heavy atom. The monoisotopic (exact) mass is 475 g/mol. The number of esters is 1. The summed E-state index contributed by atoms with van der Waals surface area (Å²) < 4.78 is 11.1. The van der Waals surface area contributed by atoms with E-state index in [-0.39, 0.29) is 5.97 Å². The maximum Gasteiger partial charge on any atom is 0.337 e. The minimum atomic E-state index is -0.380. The van der Waals surface area contributed by atoms with Crippen molar-refractivity contribution in [2.75, 3.05) is 17.7 Å². The molecule has 4 aromatic carbocycles. The van der Waals surface area contributed by atoms with Crippen LogP contribution in [0.5, 0.6) is 0 Å². The fourth-order valence-corrected chi connectivity index (χ4v) is 3.87. The quantitative estimate of drug-likeness (QED) is 0.232. The number of methoxy groups -OCH3 is 1. The third kappa shape index (κ3) is 5.28. The fourth-order valence-electron chi connectivity index (χ4n) is 3.87. The van der Waals surface area contributed by atoms with Gasteiger partial charge in [0.1, 0.15) is 5.69 Å². The lowest BCUT2D eigenvalue weighted by Gasteiger charge is -2.08. The molecule has 0 aliphatic rings. The zero-order valence-electron chi connectivity index (χ0n) is 19.8. The second-order valence-electron chi connectivity index (χ2n) is 8.15. The van der Waals surface area contributed by atoms with Crippen LogP contribution in [0.3, 0.4) is 0 Å². The second-order valence-corrected chi connectivity index (χ2v) is 8.15. The van der Waals surface area contributed by atoms with E-state index in [0.29, 0.717) is 29.5 Å². The number of carbonyl (C=O) groups is 1. The van der Waals surface area contributed by atoms with E-state index >= 15 is 0 Å². The second kappa shape index (κ2) is 10.6. The Labute approximate surface area is 209 Å². The lowest BCUT2D eigenvalue weighted by Crippen LogP contribution is -2.00. The molecule has 36 heavy (non-hydrogen) atoms. The van der Waals surface area contributed by atoms with Crippen LogP contribution in [-0.2, 0) is 11.3 Å². The van der Waals surface area contributed by atoms with Crippen molar-refractivity contribution in [3.05, 3.63) is 121 Å². The number of para-hydroxylation sites is 2. The number of nitrogens with zero attached hydrogens (tertiary/aromatic N) is 1. The first-order valence-electron chi connectivity index (χ1n) is 11.6. The summed E-state index contributed by atoms with van der Waals surface area (Å²) >= 11 is 0. The van der Waals surface area contributed by atoms with E-state index in [2.05, 4.69) is 10.6 Å². The molecular formula is C30H25N3O3. The van der Waals surface area contributed by atoms with Crippen LogP contribution in [-0.4, -0.2) is 18.1 Å². The summed E-state index contributed by atoms with van der Waals surface area (Å²) in [7, 11) is 1.37. The number of carbonyl (C=O) groups excluding carboxylic acids is 1. The van der Waals surface area contributed by atoms with Gasteiger partial charge in [0.25, 0.3) is 0 Å². The molecule has 0 unspecified atom stereocenters. The average Bonchev–Trinajstić information content (AvgIpc) is 3.37. The third-order valence-electron chi connectivity index (χ3n) is 5.66. The molecule has 1 aromatic heterocycles. The molecule has 178 valence electrons. The van der Waals surface area contributed by atoms with Crippen molar-refractivity contribution < 1.29 is 13.9 Å². The first-order valence-corrected chi connectivity index (χ1v) is 11.6. The van der Waals surface area contributed by atoms with Crippen LogP contribution < -0.4 is 10.6 Å². The summed E-state index contributed by atoms with van der Waals surface area (Å²) in [6.07, 6.45) is 0. The third-order valence-corrected chi connectivity index (χ3v) is 5.66. The van der Waals surface area contributed by atoms with Gasteiger partial charge in [0, 0.05) is 28.2 Å². The van der Waals surface area contributed by atoms with Crippen LogP contribution in [0.25, 0.3) is 22.6 Å². The van der Waals surface area contributed by atoms with E-state index in [1.807, 2.05) is 97.1 Å². The molecule has 0 aliphatic carbocycles. The molecule has 0 amide bonds. The van der Waals surface area contributed by atoms with E-state index in [1.54, 1.807) is 12.1 Å². The van der Waals surface area contributed by atoms with Crippen molar-refractivity contribution in [1.82, 2.24) is 4.98 Å². The molecule has 2 N–H and O–H groups in total. The summed E-state index contributed by atoms with van der Waals surface area (Å²) in [5, 5.41) is 6.78. The Bertz CT molecular complexity index is 1450. The number of hydrogen-bond acceptors (Lipinski definition) is 6. The SMILES string of the molecule is COC(=O)c1ccc(-c2nc(CNc3ccccc3)oc2-c2cccc(Nc3ccccc3)c2)cc1. The summed E-state index contributed by atoms with van der Waals surface area (Å²) in [5.74, 6) is 0.832. The highest BCUT2D eigenvalue weighted by Gasteiger charge is 2.18. The van der Waals surface area contributed by atoms with Gasteiger partial charge in [0.05, 0.1) is 19.2 Å². The van der Waals surface area contributed by atoms with Gasteiger partial charge >= 0.3 is 5.97 Å². The van der Waals surface area contributed by atoms with Gasteiger partial charge in [-0.2, -0.15) is 0 Å². The van der Waals surface area contributed by atoms with Crippen LogP contribution >= 0.6 is 0 Å². The molecule has 0 atom stereocenters. The zero-order chi connectivity index (χ0) is 24.7. The normalized spacial score (nSPS) is 10.6. The van der Waals surface area contributed by atoms with E-state index in [1.165, 1.54) is 7.11 Å². The molecule has 0 fully saturated rings. The van der Waals surface area contributed by atoms with Crippen LogP contribution in [0.1, 0.15) is 16.2 Å². The van der Waals surface area contributed by atoms with Crippen molar-refractivity contribution in [2.45, 2.75) is 6.54 Å². The van der Waals surface area contributed by atoms with E-state index in [0.717, 1.165) is 28.2 Å². The molecule has 0 saturated heterocycles. The highest BCUT2D eigenvalue weighted by atomic mass is 16.5. The van der Waals surface area contributed by atoms with Crippen molar-refractivity contribution in [3.8, 4) is 22.6 Å². The lowest BCUT2D eigenvalue weighted by atomic mass is 10.0.